The Morgan fingerprint density at radius 2 is 1.78 bits per heavy atom. The predicted octanol–water partition coefficient (Wildman–Crippen LogP) is 2.39. The van der Waals surface area contributed by atoms with E-state index in [0.717, 1.165) is 25.4 Å². The Morgan fingerprint density at radius 3 is 2.22 bits per heavy atom. The summed E-state index contributed by atoms with van der Waals surface area (Å²) in [6.45, 7) is 5.56. The molecule has 0 amide bonds. The smallest absolute Gasteiger partial charge is 0.0607 e. The van der Waals surface area contributed by atoms with Crippen molar-refractivity contribution in [2.45, 2.75) is 70.1 Å². The summed E-state index contributed by atoms with van der Waals surface area (Å²) in [5.41, 5.74) is 6.81. The second-order valence-corrected chi connectivity index (χ2v) is 7.20. The molecule has 0 unspecified atom stereocenters. The van der Waals surface area contributed by atoms with Gasteiger partial charge in [0.1, 0.15) is 0 Å². The van der Waals surface area contributed by atoms with Crippen molar-refractivity contribution in [1.82, 2.24) is 4.90 Å². The summed E-state index contributed by atoms with van der Waals surface area (Å²) in [6.07, 6.45) is 7.97. The van der Waals surface area contributed by atoms with Gasteiger partial charge < -0.3 is 10.5 Å². The molecule has 0 atom stereocenters. The molecule has 0 saturated heterocycles. The van der Waals surface area contributed by atoms with Crippen molar-refractivity contribution >= 4 is 0 Å². The molecule has 0 aliphatic heterocycles. The molecule has 3 heteroatoms. The van der Waals surface area contributed by atoms with Crippen LogP contribution in [0.15, 0.2) is 0 Å². The van der Waals surface area contributed by atoms with Crippen LogP contribution < -0.4 is 5.73 Å². The second kappa shape index (κ2) is 5.10. The third-order valence-corrected chi connectivity index (χ3v) is 5.53. The van der Waals surface area contributed by atoms with Crippen LogP contribution in [0.5, 0.6) is 0 Å². The number of ether oxygens (including phenoxy) is 1. The van der Waals surface area contributed by atoms with E-state index in [1.807, 2.05) is 7.11 Å². The van der Waals surface area contributed by atoms with Crippen molar-refractivity contribution in [3.63, 3.8) is 0 Å². The van der Waals surface area contributed by atoms with Crippen molar-refractivity contribution in [1.29, 1.82) is 0 Å². The maximum atomic E-state index is 6.05. The van der Waals surface area contributed by atoms with Gasteiger partial charge in [-0.2, -0.15) is 0 Å². The van der Waals surface area contributed by atoms with Gasteiger partial charge in [0, 0.05) is 25.2 Å². The van der Waals surface area contributed by atoms with Crippen LogP contribution in [0.3, 0.4) is 0 Å². The maximum Gasteiger partial charge on any atom is 0.0607 e. The van der Waals surface area contributed by atoms with Crippen LogP contribution in [0, 0.1) is 5.41 Å². The first-order valence-corrected chi connectivity index (χ1v) is 7.38. The first-order valence-electron chi connectivity index (χ1n) is 7.38. The lowest BCUT2D eigenvalue weighted by Gasteiger charge is -2.55. The fraction of sp³-hybridized carbons (Fsp3) is 1.00. The number of likely N-dealkylation sites (N-methyl/N-ethyl adjacent to an activating group) is 1. The standard InChI is InChI=1S/C15H30N2O/c1-14(2)7-5-12(6-8-14)17(3)15(11-16)9-13(10-15)18-4/h12-13H,5-11,16H2,1-4H3. The van der Waals surface area contributed by atoms with Crippen LogP contribution >= 0.6 is 0 Å². The van der Waals surface area contributed by atoms with Gasteiger partial charge in [0.2, 0.25) is 0 Å². The highest BCUT2D eigenvalue weighted by atomic mass is 16.5. The minimum atomic E-state index is 0.215. The van der Waals surface area contributed by atoms with Crippen molar-refractivity contribution in [3.05, 3.63) is 0 Å². The first-order chi connectivity index (χ1) is 8.42. The molecule has 0 heterocycles. The Morgan fingerprint density at radius 1 is 1.22 bits per heavy atom. The van der Waals surface area contributed by atoms with Crippen LogP contribution in [0.2, 0.25) is 0 Å². The fourth-order valence-corrected chi connectivity index (χ4v) is 3.71. The minimum Gasteiger partial charge on any atom is -0.381 e. The number of hydrogen-bond donors (Lipinski definition) is 1. The van der Waals surface area contributed by atoms with E-state index in [1.54, 1.807) is 0 Å². The van der Waals surface area contributed by atoms with Gasteiger partial charge in [-0.25, -0.2) is 0 Å². The van der Waals surface area contributed by atoms with E-state index in [2.05, 4.69) is 25.8 Å². The second-order valence-electron chi connectivity index (χ2n) is 7.20. The average Bonchev–Trinajstić information content (AvgIpc) is 2.28. The number of rotatable bonds is 4. The van der Waals surface area contributed by atoms with Gasteiger partial charge in [0.05, 0.1) is 6.10 Å². The van der Waals surface area contributed by atoms with E-state index in [9.17, 15) is 0 Å². The third-order valence-electron chi connectivity index (χ3n) is 5.53. The Hall–Kier alpha value is -0.120. The van der Waals surface area contributed by atoms with Crippen LogP contribution in [0.1, 0.15) is 52.4 Å². The molecule has 18 heavy (non-hydrogen) atoms. The summed E-state index contributed by atoms with van der Waals surface area (Å²) < 4.78 is 5.43. The van der Waals surface area contributed by atoms with Crippen LogP contribution in [0.4, 0.5) is 0 Å². The molecular formula is C15H30N2O. The SMILES string of the molecule is COC1CC(CN)(N(C)C2CCC(C)(C)CC2)C1. The van der Waals surface area contributed by atoms with Gasteiger partial charge in [-0.3, -0.25) is 4.90 Å². The number of nitrogens with two attached hydrogens (primary N) is 1. The summed E-state index contributed by atoms with van der Waals surface area (Å²) in [6, 6.07) is 0.722. The molecule has 0 aromatic heterocycles. The lowest BCUT2D eigenvalue weighted by molar-refractivity contribution is -0.0990. The van der Waals surface area contributed by atoms with E-state index in [0.29, 0.717) is 11.5 Å². The highest BCUT2D eigenvalue weighted by Gasteiger charge is 2.48. The lowest BCUT2D eigenvalue weighted by Crippen LogP contribution is -2.65. The monoisotopic (exact) mass is 254 g/mol. The van der Waals surface area contributed by atoms with Crippen molar-refractivity contribution in [3.8, 4) is 0 Å². The normalized spacial score (nSPS) is 36.7. The zero-order chi connectivity index (χ0) is 13.4. The van der Waals surface area contributed by atoms with Crippen molar-refractivity contribution < 1.29 is 4.74 Å². The van der Waals surface area contributed by atoms with E-state index in [1.165, 1.54) is 25.7 Å². The average molecular weight is 254 g/mol. The summed E-state index contributed by atoms with van der Waals surface area (Å²) in [5.74, 6) is 0. The quantitative estimate of drug-likeness (QED) is 0.837. The van der Waals surface area contributed by atoms with E-state index in [-0.39, 0.29) is 5.54 Å². The van der Waals surface area contributed by atoms with Gasteiger partial charge >= 0.3 is 0 Å². The summed E-state index contributed by atoms with van der Waals surface area (Å²) >= 11 is 0. The zero-order valence-electron chi connectivity index (χ0n) is 12.5. The molecule has 2 saturated carbocycles. The molecule has 2 N–H and O–H groups in total. The minimum absolute atomic E-state index is 0.215. The molecule has 106 valence electrons. The van der Waals surface area contributed by atoms with Gasteiger partial charge in [0.25, 0.3) is 0 Å². The molecule has 0 aromatic carbocycles. The largest absolute Gasteiger partial charge is 0.381 e. The molecule has 0 spiro atoms. The fourth-order valence-electron chi connectivity index (χ4n) is 3.71. The molecule has 3 nitrogen and oxygen atoms in total. The Balaban J connectivity index is 1.93. The van der Waals surface area contributed by atoms with E-state index < -0.39 is 0 Å². The predicted molar refractivity (Wildman–Crippen MR) is 75.6 cm³/mol. The van der Waals surface area contributed by atoms with Gasteiger partial charge in [-0.15, -0.1) is 0 Å². The molecule has 0 bridgehead atoms. The zero-order valence-corrected chi connectivity index (χ0v) is 12.5. The molecular weight excluding hydrogens is 224 g/mol. The maximum absolute atomic E-state index is 6.05. The number of methoxy groups -OCH3 is 1. The molecule has 2 aliphatic carbocycles. The number of hydrogen-bond acceptors (Lipinski definition) is 3. The van der Waals surface area contributed by atoms with Crippen molar-refractivity contribution in [2.75, 3.05) is 20.7 Å². The summed E-state index contributed by atoms with van der Waals surface area (Å²) in [4.78, 5) is 2.58. The Labute approximate surface area is 112 Å². The Kier molecular flexibility index (Phi) is 4.05. The van der Waals surface area contributed by atoms with Gasteiger partial charge in [0.15, 0.2) is 0 Å². The van der Waals surface area contributed by atoms with E-state index in [4.69, 9.17) is 10.5 Å². The molecule has 2 fully saturated rings. The highest BCUT2D eigenvalue weighted by molar-refractivity contribution is 5.05. The molecule has 2 rings (SSSR count). The highest BCUT2D eigenvalue weighted by Crippen LogP contribution is 2.43. The van der Waals surface area contributed by atoms with Gasteiger partial charge in [-0.1, -0.05) is 13.8 Å². The van der Waals surface area contributed by atoms with Crippen LogP contribution in [-0.4, -0.2) is 43.3 Å². The van der Waals surface area contributed by atoms with Crippen LogP contribution in [-0.2, 0) is 4.74 Å². The van der Waals surface area contributed by atoms with Crippen LogP contribution in [0.25, 0.3) is 0 Å². The van der Waals surface area contributed by atoms with Crippen molar-refractivity contribution in [2.24, 2.45) is 11.1 Å². The summed E-state index contributed by atoms with van der Waals surface area (Å²) in [7, 11) is 4.09. The molecule has 2 aliphatic rings. The number of nitrogens with zero attached hydrogens (tertiary/aromatic N) is 1. The van der Waals surface area contributed by atoms with Gasteiger partial charge in [-0.05, 0) is 51.0 Å². The lowest BCUT2D eigenvalue weighted by atomic mass is 9.69. The van der Waals surface area contributed by atoms with E-state index >= 15 is 0 Å². The summed E-state index contributed by atoms with van der Waals surface area (Å²) in [5, 5.41) is 0. The molecule has 0 radical (unpaired) electrons. The first kappa shape index (κ1) is 14.3. The molecule has 0 aromatic rings. The third kappa shape index (κ3) is 2.59. The topological polar surface area (TPSA) is 38.5 Å². The Bertz CT molecular complexity index is 274.